The van der Waals surface area contributed by atoms with Gasteiger partial charge in [-0.2, -0.15) is 0 Å². The lowest BCUT2D eigenvalue weighted by molar-refractivity contribution is -0.122. The molecule has 1 unspecified atom stereocenters. The van der Waals surface area contributed by atoms with E-state index in [0.717, 1.165) is 24.3 Å². The standard InChI is InChI=1S/C26H27N3O4S/c1-19-8-14-22(15-9-19)34(31,32)29-18-25(33-24-7-3-2-6-23(24)29)26(30)27-20-10-12-21(13-11-20)28-16-4-5-17-28/h2-3,6-15,25H,4-5,16-18H2,1H3,(H,27,30). The predicted octanol–water partition coefficient (Wildman–Crippen LogP) is 4.19. The highest BCUT2D eigenvalue weighted by Crippen LogP contribution is 2.37. The van der Waals surface area contributed by atoms with Gasteiger partial charge >= 0.3 is 0 Å². The maximum Gasteiger partial charge on any atom is 0.267 e. The highest BCUT2D eigenvalue weighted by molar-refractivity contribution is 7.92. The van der Waals surface area contributed by atoms with E-state index in [0.29, 0.717) is 17.1 Å². The Morgan fingerprint density at radius 2 is 1.62 bits per heavy atom. The van der Waals surface area contributed by atoms with Gasteiger partial charge in [-0.1, -0.05) is 29.8 Å². The molecule has 1 atom stereocenters. The van der Waals surface area contributed by atoms with Crippen molar-refractivity contribution in [2.75, 3.05) is 34.2 Å². The molecule has 2 heterocycles. The maximum absolute atomic E-state index is 13.5. The molecule has 1 amide bonds. The maximum atomic E-state index is 13.5. The molecule has 7 nitrogen and oxygen atoms in total. The molecule has 1 saturated heterocycles. The number of carbonyl (C=O) groups excluding carboxylic acids is 1. The Bertz CT molecular complexity index is 1280. The van der Waals surface area contributed by atoms with E-state index in [9.17, 15) is 13.2 Å². The molecule has 2 aliphatic rings. The zero-order valence-electron chi connectivity index (χ0n) is 19.0. The number of hydrogen-bond donors (Lipinski definition) is 1. The molecule has 176 valence electrons. The summed E-state index contributed by atoms with van der Waals surface area (Å²) < 4.78 is 34.2. The van der Waals surface area contributed by atoms with Crippen LogP contribution in [0, 0.1) is 6.92 Å². The van der Waals surface area contributed by atoms with Crippen molar-refractivity contribution in [3.8, 4) is 5.75 Å². The van der Waals surface area contributed by atoms with Gasteiger partial charge in [-0.05, 0) is 68.3 Å². The van der Waals surface area contributed by atoms with Gasteiger partial charge in [0.05, 0.1) is 17.1 Å². The van der Waals surface area contributed by atoms with Crippen LogP contribution in [0.4, 0.5) is 17.1 Å². The second-order valence-electron chi connectivity index (χ2n) is 8.65. The first kappa shape index (κ1) is 22.3. The normalized spacial score (nSPS) is 17.7. The van der Waals surface area contributed by atoms with Crippen LogP contribution >= 0.6 is 0 Å². The molecule has 0 aliphatic carbocycles. The summed E-state index contributed by atoms with van der Waals surface area (Å²) >= 11 is 0. The Labute approximate surface area is 200 Å². The van der Waals surface area contributed by atoms with Gasteiger partial charge in [0.15, 0.2) is 6.10 Å². The van der Waals surface area contributed by atoms with Crippen molar-refractivity contribution < 1.29 is 17.9 Å². The zero-order valence-corrected chi connectivity index (χ0v) is 19.8. The number of fused-ring (bicyclic) bond motifs is 1. The predicted molar refractivity (Wildman–Crippen MR) is 133 cm³/mol. The molecule has 2 aliphatic heterocycles. The molecule has 1 N–H and O–H groups in total. The van der Waals surface area contributed by atoms with E-state index in [-0.39, 0.29) is 11.4 Å². The minimum absolute atomic E-state index is 0.120. The molecule has 8 heteroatoms. The van der Waals surface area contributed by atoms with E-state index in [2.05, 4.69) is 10.2 Å². The third-order valence-corrected chi connectivity index (χ3v) is 8.04. The Hall–Kier alpha value is -3.52. The minimum atomic E-state index is -3.88. The van der Waals surface area contributed by atoms with E-state index in [4.69, 9.17) is 4.74 Å². The van der Waals surface area contributed by atoms with Crippen LogP contribution in [0.15, 0.2) is 77.7 Å². The number of anilines is 3. The quantitative estimate of drug-likeness (QED) is 0.596. The Balaban J connectivity index is 1.37. The fourth-order valence-corrected chi connectivity index (χ4v) is 5.83. The van der Waals surface area contributed by atoms with Crippen molar-refractivity contribution in [3.05, 3.63) is 78.4 Å². The number of hydrogen-bond acceptors (Lipinski definition) is 5. The van der Waals surface area contributed by atoms with Crippen molar-refractivity contribution in [2.45, 2.75) is 30.8 Å². The lowest BCUT2D eigenvalue weighted by Gasteiger charge is -2.34. The monoisotopic (exact) mass is 477 g/mol. The molecule has 0 radical (unpaired) electrons. The highest BCUT2D eigenvalue weighted by atomic mass is 32.2. The zero-order chi connectivity index (χ0) is 23.7. The summed E-state index contributed by atoms with van der Waals surface area (Å²) in [5, 5.41) is 2.88. The topological polar surface area (TPSA) is 79.0 Å². The molecular weight excluding hydrogens is 450 g/mol. The summed E-state index contributed by atoms with van der Waals surface area (Å²) in [5.41, 5.74) is 3.16. The molecule has 0 bridgehead atoms. The van der Waals surface area contributed by atoms with Gasteiger partial charge in [0.1, 0.15) is 5.75 Å². The van der Waals surface area contributed by atoms with Gasteiger partial charge in [0.2, 0.25) is 0 Å². The third kappa shape index (κ3) is 4.33. The average Bonchev–Trinajstić information content (AvgIpc) is 3.39. The summed E-state index contributed by atoms with van der Waals surface area (Å²) in [6.45, 7) is 3.88. The van der Waals surface area contributed by atoms with E-state index < -0.39 is 22.0 Å². The van der Waals surface area contributed by atoms with Gasteiger partial charge in [0.25, 0.3) is 15.9 Å². The number of nitrogens with zero attached hydrogens (tertiary/aromatic N) is 2. The van der Waals surface area contributed by atoms with Crippen molar-refractivity contribution in [1.82, 2.24) is 0 Å². The molecular formula is C26H27N3O4S. The van der Waals surface area contributed by atoms with Crippen LogP contribution in [-0.2, 0) is 14.8 Å². The molecule has 3 aromatic rings. The number of carbonyl (C=O) groups is 1. The number of rotatable bonds is 5. The van der Waals surface area contributed by atoms with Gasteiger partial charge in [-0.3, -0.25) is 9.10 Å². The molecule has 3 aromatic carbocycles. The molecule has 5 rings (SSSR count). The van der Waals surface area contributed by atoms with E-state index in [1.807, 2.05) is 31.2 Å². The number of benzene rings is 3. The Morgan fingerprint density at radius 1 is 0.941 bits per heavy atom. The second kappa shape index (κ2) is 9.02. The van der Waals surface area contributed by atoms with Crippen molar-refractivity contribution >= 4 is 33.0 Å². The molecule has 0 saturated carbocycles. The van der Waals surface area contributed by atoms with Gasteiger partial charge in [-0.15, -0.1) is 0 Å². The number of sulfonamides is 1. The van der Waals surface area contributed by atoms with Crippen LogP contribution in [0.2, 0.25) is 0 Å². The summed E-state index contributed by atoms with van der Waals surface area (Å²) in [5.74, 6) is -0.0403. The van der Waals surface area contributed by atoms with Gasteiger partial charge in [-0.25, -0.2) is 8.42 Å². The van der Waals surface area contributed by atoms with Crippen LogP contribution in [0.5, 0.6) is 5.75 Å². The SMILES string of the molecule is Cc1ccc(S(=O)(=O)N2CC(C(=O)Nc3ccc(N4CCCC4)cc3)Oc3ccccc32)cc1. The van der Waals surface area contributed by atoms with E-state index >= 15 is 0 Å². The lowest BCUT2D eigenvalue weighted by atomic mass is 10.2. The third-order valence-electron chi connectivity index (χ3n) is 6.24. The van der Waals surface area contributed by atoms with Crippen LogP contribution in [0.1, 0.15) is 18.4 Å². The highest BCUT2D eigenvalue weighted by Gasteiger charge is 2.37. The number of amides is 1. The largest absolute Gasteiger partial charge is 0.476 e. The number of para-hydroxylation sites is 2. The van der Waals surface area contributed by atoms with Crippen LogP contribution in [0.3, 0.4) is 0 Å². The van der Waals surface area contributed by atoms with Gasteiger partial charge in [0, 0.05) is 24.5 Å². The van der Waals surface area contributed by atoms with Crippen molar-refractivity contribution in [1.29, 1.82) is 0 Å². The van der Waals surface area contributed by atoms with Crippen molar-refractivity contribution in [2.24, 2.45) is 0 Å². The van der Waals surface area contributed by atoms with E-state index in [1.165, 1.54) is 17.1 Å². The summed E-state index contributed by atoms with van der Waals surface area (Å²) in [4.78, 5) is 15.6. The summed E-state index contributed by atoms with van der Waals surface area (Å²) in [6, 6.07) is 21.3. The summed E-state index contributed by atoms with van der Waals surface area (Å²) in [7, 11) is -3.88. The fraction of sp³-hybridized carbons (Fsp3) is 0.269. The molecule has 0 spiro atoms. The van der Waals surface area contributed by atoms with E-state index in [1.54, 1.807) is 48.5 Å². The number of nitrogens with one attached hydrogen (secondary N) is 1. The van der Waals surface area contributed by atoms with Crippen LogP contribution < -0.4 is 19.3 Å². The summed E-state index contributed by atoms with van der Waals surface area (Å²) in [6.07, 6.45) is 1.40. The minimum Gasteiger partial charge on any atom is -0.476 e. The first-order valence-corrected chi connectivity index (χ1v) is 12.9. The molecule has 1 fully saturated rings. The van der Waals surface area contributed by atoms with Crippen LogP contribution in [-0.4, -0.2) is 40.1 Å². The van der Waals surface area contributed by atoms with Gasteiger partial charge < -0.3 is 15.0 Å². The molecule has 0 aromatic heterocycles. The Morgan fingerprint density at radius 3 is 2.32 bits per heavy atom. The first-order valence-electron chi connectivity index (χ1n) is 11.4. The Kier molecular flexibility index (Phi) is 5.91. The fourth-order valence-electron chi connectivity index (χ4n) is 4.36. The number of aryl methyl sites for hydroxylation is 1. The lowest BCUT2D eigenvalue weighted by Crippen LogP contribution is -2.48. The molecule has 34 heavy (non-hydrogen) atoms. The first-order chi connectivity index (χ1) is 16.4. The average molecular weight is 478 g/mol. The second-order valence-corrected chi connectivity index (χ2v) is 10.5. The smallest absolute Gasteiger partial charge is 0.267 e. The van der Waals surface area contributed by atoms with Crippen molar-refractivity contribution in [3.63, 3.8) is 0 Å². The number of ether oxygens (including phenoxy) is 1. The van der Waals surface area contributed by atoms with Crippen LogP contribution in [0.25, 0.3) is 0 Å².